The lowest BCUT2D eigenvalue weighted by molar-refractivity contribution is -0.134. The number of carbonyl (C=O) groups is 2. The van der Waals surface area contributed by atoms with E-state index in [1.165, 1.54) is 11.3 Å². The van der Waals surface area contributed by atoms with Gasteiger partial charge in [-0.05, 0) is 13.8 Å². The Balaban J connectivity index is 2.75. The Hall–Kier alpha value is -1.43. The minimum Gasteiger partial charge on any atom is -0.361 e. The molecule has 1 aromatic heterocycles. The molecule has 0 aliphatic heterocycles. The van der Waals surface area contributed by atoms with Gasteiger partial charge in [0.2, 0.25) is 0 Å². The second-order valence-corrected chi connectivity index (χ2v) is 3.68. The maximum absolute atomic E-state index is 10.8. The lowest BCUT2D eigenvalue weighted by Crippen LogP contribution is -2.29. The molecule has 0 fully saturated rings. The van der Waals surface area contributed by atoms with E-state index in [-0.39, 0.29) is 0 Å². The van der Waals surface area contributed by atoms with Gasteiger partial charge in [0, 0.05) is 4.88 Å². The van der Waals surface area contributed by atoms with E-state index in [0.29, 0.717) is 5.13 Å². The predicted octanol–water partition coefficient (Wildman–Crippen LogP) is 0.184. The number of anilines is 1. The zero-order chi connectivity index (χ0) is 10.0. The van der Waals surface area contributed by atoms with Crippen molar-refractivity contribution in [2.45, 2.75) is 13.8 Å². The van der Waals surface area contributed by atoms with Crippen molar-refractivity contribution in [2.24, 2.45) is 5.73 Å². The Bertz CT molecular complexity index is 339. The van der Waals surface area contributed by atoms with E-state index in [2.05, 4.69) is 10.3 Å². The van der Waals surface area contributed by atoms with Crippen LogP contribution in [0.5, 0.6) is 0 Å². The van der Waals surface area contributed by atoms with Crippen molar-refractivity contribution in [1.29, 1.82) is 0 Å². The second kappa shape index (κ2) is 3.53. The molecule has 0 aliphatic rings. The zero-order valence-electron chi connectivity index (χ0n) is 7.25. The molecule has 0 aromatic carbocycles. The predicted molar refractivity (Wildman–Crippen MR) is 49.4 cm³/mol. The minimum absolute atomic E-state index is 0.402. The van der Waals surface area contributed by atoms with Gasteiger partial charge in [-0.25, -0.2) is 4.98 Å². The summed E-state index contributed by atoms with van der Waals surface area (Å²) in [6.07, 6.45) is 0. The first-order chi connectivity index (χ1) is 6.00. The number of aromatic nitrogens is 1. The van der Waals surface area contributed by atoms with Crippen LogP contribution in [0.25, 0.3) is 0 Å². The highest BCUT2D eigenvalue weighted by Crippen LogP contribution is 2.20. The number of primary amides is 1. The molecule has 0 bridgehead atoms. The average Bonchev–Trinajstić information content (AvgIpc) is 2.31. The van der Waals surface area contributed by atoms with Gasteiger partial charge < -0.3 is 5.73 Å². The van der Waals surface area contributed by atoms with Gasteiger partial charge in [0.05, 0.1) is 5.69 Å². The van der Waals surface area contributed by atoms with E-state index in [0.717, 1.165) is 10.6 Å². The van der Waals surface area contributed by atoms with Crippen LogP contribution in [-0.2, 0) is 9.59 Å². The smallest absolute Gasteiger partial charge is 0.315 e. The fourth-order valence-corrected chi connectivity index (χ4v) is 1.49. The lowest BCUT2D eigenvalue weighted by atomic mass is 10.4. The highest BCUT2D eigenvalue weighted by Gasteiger charge is 2.11. The number of aryl methyl sites for hydroxylation is 2. The molecule has 13 heavy (non-hydrogen) atoms. The van der Waals surface area contributed by atoms with Crippen molar-refractivity contribution in [1.82, 2.24) is 4.98 Å². The van der Waals surface area contributed by atoms with Crippen LogP contribution in [-0.4, -0.2) is 16.8 Å². The molecule has 1 rings (SSSR count). The molecular formula is C7H9N3O2S. The van der Waals surface area contributed by atoms with Crippen LogP contribution >= 0.6 is 11.3 Å². The summed E-state index contributed by atoms with van der Waals surface area (Å²) in [4.78, 5) is 26.2. The monoisotopic (exact) mass is 199 g/mol. The Morgan fingerprint density at radius 1 is 1.46 bits per heavy atom. The third kappa shape index (κ3) is 2.25. The molecule has 0 radical (unpaired) electrons. The molecule has 1 heterocycles. The number of amides is 2. The summed E-state index contributed by atoms with van der Waals surface area (Å²) in [5.74, 6) is -1.85. The van der Waals surface area contributed by atoms with Crippen molar-refractivity contribution >= 4 is 28.3 Å². The molecule has 1 aromatic rings. The van der Waals surface area contributed by atoms with Crippen LogP contribution < -0.4 is 11.1 Å². The van der Waals surface area contributed by atoms with E-state index in [1.54, 1.807) is 0 Å². The number of nitrogens with one attached hydrogen (secondary N) is 1. The summed E-state index contributed by atoms with van der Waals surface area (Å²) in [5, 5.41) is 2.70. The molecule has 0 saturated carbocycles. The Labute approximate surface area is 79.0 Å². The van der Waals surface area contributed by atoms with E-state index in [1.807, 2.05) is 13.8 Å². The SMILES string of the molecule is Cc1nc(NC(=O)C(N)=O)sc1C. The van der Waals surface area contributed by atoms with Crippen LogP contribution in [0, 0.1) is 13.8 Å². The summed E-state index contributed by atoms with van der Waals surface area (Å²) in [6, 6.07) is 0. The largest absolute Gasteiger partial charge is 0.361 e. The average molecular weight is 199 g/mol. The van der Waals surface area contributed by atoms with E-state index < -0.39 is 11.8 Å². The number of thiazole rings is 1. The van der Waals surface area contributed by atoms with Crippen LogP contribution in [0.15, 0.2) is 0 Å². The third-order valence-corrected chi connectivity index (χ3v) is 2.46. The second-order valence-electron chi connectivity index (χ2n) is 2.48. The third-order valence-electron chi connectivity index (χ3n) is 1.47. The molecule has 0 aliphatic carbocycles. The highest BCUT2D eigenvalue weighted by molar-refractivity contribution is 7.15. The van der Waals surface area contributed by atoms with Gasteiger partial charge in [-0.3, -0.25) is 14.9 Å². The molecule has 2 amide bonds. The number of hydrogen-bond acceptors (Lipinski definition) is 4. The Kier molecular flexibility index (Phi) is 2.62. The molecule has 5 nitrogen and oxygen atoms in total. The lowest BCUT2D eigenvalue weighted by Gasteiger charge is -1.94. The normalized spacial score (nSPS) is 9.69. The zero-order valence-corrected chi connectivity index (χ0v) is 8.07. The Morgan fingerprint density at radius 2 is 2.08 bits per heavy atom. The molecule has 0 unspecified atom stereocenters. The number of carbonyl (C=O) groups excluding carboxylic acids is 2. The molecule has 6 heteroatoms. The van der Waals surface area contributed by atoms with Crippen LogP contribution in [0.1, 0.15) is 10.6 Å². The van der Waals surface area contributed by atoms with Gasteiger partial charge in [0.25, 0.3) is 0 Å². The number of rotatable bonds is 1. The molecular weight excluding hydrogens is 190 g/mol. The summed E-state index contributed by atoms with van der Waals surface area (Å²) >= 11 is 1.31. The first-order valence-corrected chi connectivity index (χ1v) is 4.37. The number of hydrogen-bond donors (Lipinski definition) is 2. The van der Waals surface area contributed by atoms with E-state index in [9.17, 15) is 9.59 Å². The van der Waals surface area contributed by atoms with Crippen LogP contribution in [0.4, 0.5) is 5.13 Å². The standard InChI is InChI=1S/C7H9N3O2S/c1-3-4(2)13-7(9-3)10-6(12)5(8)11/h1-2H3,(H2,8,11)(H,9,10,12). The maximum Gasteiger partial charge on any atom is 0.315 e. The summed E-state index contributed by atoms with van der Waals surface area (Å²) in [7, 11) is 0. The van der Waals surface area contributed by atoms with E-state index in [4.69, 9.17) is 5.73 Å². The molecule has 0 spiro atoms. The topological polar surface area (TPSA) is 85.1 Å². The van der Waals surface area contributed by atoms with Crippen molar-refractivity contribution in [2.75, 3.05) is 5.32 Å². The molecule has 70 valence electrons. The van der Waals surface area contributed by atoms with Crippen molar-refractivity contribution in [3.05, 3.63) is 10.6 Å². The van der Waals surface area contributed by atoms with Gasteiger partial charge in [-0.1, -0.05) is 0 Å². The van der Waals surface area contributed by atoms with Crippen molar-refractivity contribution in [3.63, 3.8) is 0 Å². The molecule has 0 saturated heterocycles. The van der Waals surface area contributed by atoms with Gasteiger partial charge in [0.15, 0.2) is 5.13 Å². The van der Waals surface area contributed by atoms with Gasteiger partial charge in [-0.15, -0.1) is 11.3 Å². The van der Waals surface area contributed by atoms with Gasteiger partial charge in [0.1, 0.15) is 0 Å². The van der Waals surface area contributed by atoms with Gasteiger partial charge >= 0.3 is 11.8 Å². The molecule has 3 N–H and O–H groups in total. The summed E-state index contributed by atoms with van der Waals surface area (Å²) in [5.41, 5.74) is 5.59. The molecule has 0 atom stereocenters. The Morgan fingerprint density at radius 3 is 2.46 bits per heavy atom. The fraction of sp³-hybridized carbons (Fsp3) is 0.286. The number of nitrogens with zero attached hydrogens (tertiary/aromatic N) is 1. The summed E-state index contributed by atoms with van der Waals surface area (Å²) < 4.78 is 0. The maximum atomic E-state index is 10.8. The van der Waals surface area contributed by atoms with E-state index >= 15 is 0 Å². The van der Waals surface area contributed by atoms with Crippen molar-refractivity contribution in [3.8, 4) is 0 Å². The quantitative estimate of drug-likeness (QED) is 0.633. The van der Waals surface area contributed by atoms with Gasteiger partial charge in [-0.2, -0.15) is 0 Å². The minimum atomic E-state index is -1.01. The van der Waals surface area contributed by atoms with Crippen LogP contribution in [0.2, 0.25) is 0 Å². The van der Waals surface area contributed by atoms with Crippen molar-refractivity contribution < 1.29 is 9.59 Å². The number of nitrogens with two attached hydrogens (primary N) is 1. The highest BCUT2D eigenvalue weighted by atomic mass is 32.1. The summed E-state index contributed by atoms with van der Waals surface area (Å²) in [6.45, 7) is 3.71. The first-order valence-electron chi connectivity index (χ1n) is 3.55. The fourth-order valence-electron chi connectivity index (χ4n) is 0.685. The first kappa shape index (κ1) is 9.66. The van der Waals surface area contributed by atoms with Crippen LogP contribution in [0.3, 0.4) is 0 Å².